The van der Waals surface area contributed by atoms with Crippen LogP contribution in [-0.4, -0.2) is 41.9 Å². The normalized spacial score (nSPS) is 13.2. The quantitative estimate of drug-likeness (QED) is 0.787. The zero-order valence-corrected chi connectivity index (χ0v) is 12.0. The van der Waals surface area contributed by atoms with Crippen LogP contribution in [0.15, 0.2) is 24.3 Å². The zero-order chi connectivity index (χ0) is 14.3. The van der Waals surface area contributed by atoms with E-state index < -0.39 is 6.10 Å². The van der Waals surface area contributed by atoms with Gasteiger partial charge in [-0.3, -0.25) is 4.90 Å². The second-order valence-electron chi connectivity index (χ2n) is 4.99. The third kappa shape index (κ3) is 6.66. The molecule has 0 saturated carbocycles. The summed E-state index contributed by atoms with van der Waals surface area (Å²) < 4.78 is 18.5. The van der Waals surface area contributed by atoms with Crippen molar-refractivity contribution < 1.29 is 14.2 Å². The highest BCUT2D eigenvalue weighted by Gasteiger charge is 2.12. The molecule has 0 amide bonds. The Hall–Kier alpha value is -0.970. The van der Waals surface area contributed by atoms with Gasteiger partial charge in [0.25, 0.3) is 0 Å². The number of likely N-dealkylation sites (N-methyl/N-ethyl adjacent to an activating group) is 1. The SMILES string of the molecule is CCN(Cc1cccc(F)c1)CC(O)COC(C)C. The second-order valence-corrected chi connectivity index (χ2v) is 4.99. The number of halogens is 1. The molecular formula is C15H24FNO2. The molecule has 1 rings (SSSR count). The molecule has 0 saturated heterocycles. The molecule has 0 radical (unpaired) electrons. The van der Waals surface area contributed by atoms with E-state index in [-0.39, 0.29) is 11.9 Å². The zero-order valence-electron chi connectivity index (χ0n) is 12.0. The summed E-state index contributed by atoms with van der Waals surface area (Å²) in [7, 11) is 0. The lowest BCUT2D eigenvalue weighted by molar-refractivity contribution is -0.00886. The van der Waals surface area contributed by atoms with Gasteiger partial charge in [-0.05, 0) is 38.1 Å². The minimum atomic E-state index is -0.518. The molecule has 0 bridgehead atoms. The molecule has 1 unspecified atom stereocenters. The van der Waals surface area contributed by atoms with E-state index in [9.17, 15) is 9.50 Å². The summed E-state index contributed by atoms with van der Waals surface area (Å²) in [5, 5.41) is 9.89. The van der Waals surface area contributed by atoms with E-state index in [2.05, 4.69) is 4.90 Å². The lowest BCUT2D eigenvalue weighted by Crippen LogP contribution is -2.35. The highest BCUT2D eigenvalue weighted by atomic mass is 19.1. The lowest BCUT2D eigenvalue weighted by atomic mass is 10.2. The van der Waals surface area contributed by atoms with E-state index in [1.807, 2.05) is 26.8 Å². The molecule has 19 heavy (non-hydrogen) atoms. The molecule has 0 heterocycles. The van der Waals surface area contributed by atoms with Crippen LogP contribution in [0.3, 0.4) is 0 Å². The Morgan fingerprint density at radius 2 is 2.11 bits per heavy atom. The number of ether oxygens (including phenoxy) is 1. The van der Waals surface area contributed by atoms with Crippen molar-refractivity contribution in [2.75, 3.05) is 19.7 Å². The number of benzene rings is 1. The summed E-state index contributed by atoms with van der Waals surface area (Å²) in [5.74, 6) is -0.225. The van der Waals surface area contributed by atoms with Gasteiger partial charge in [-0.2, -0.15) is 0 Å². The summed E-state index contributed by atoms with van der Waals surface area (Å²) in [6, 6.07) is 6.56. The molecule has 3 nitrogen and oxygen atoms in total. The van der Waals surface area contributed by atoms with Crippen LogP contribution >= 0.6 is 0 Å². The summed E-state index contributed by atoms with van der Waals surface area (Å²) in [6.45, 7) is 8.20. The maximum atomic E-state index is 13.1. The molecule has 1 atom stereocenters. The van der Waals surface area contributed by atoms with Gasteiger partial charge in [0.1, 0.15) is 5.82 Å². The van der Waals surface area contributed by atoms with Crippen LogP contribution in [0.2, 0.25) is 0 Å². The van der Waals surface area contributed by atoms with Crippen molar-refractivity contribution in [1.82, 2.24) is 4.90 Å². The van der Waals surface area contributed by atoms with E-state index in [0.29, 0.717) is 19.7 Å². The van der Waals surface area contributed by atoms with Gasteiger partial charge in [0, 0.05) is 13.1 Å². The van der Waals surface area contributed by atoms with Gasteiger partial charge >= 0.3 is 0 Å². The fourth-order valence-corrected chi connectivity index (χ4v) is 1.85. The maximum Gasteiger partial charge on any atom is 0.123 e. The van der Waals surface area contributed by atoms with E-state index in [0.717, 1.165) is 12.1 Å². The molecule has 0 fully saturated rings. The lowest BCUT2D eigenvalue weighted by Gasteiger charge is -2.24. The fraction of sp³-hybridized carbons (Fsp3) is 0.600. The number of hydrogen-bond donors (Lipinski definition) is 1. The molecule has 1 aromatic rings. The fourth-order valence-electron chi connectivity index (χ4n) is 1.85. The van der Waals surface area contributed by atoms with Crippen LogP contribution in [0.25, 0.3) is 0 Å². The number of aliphatic hydroxyl groups excluding tert-OH is 1. The largest absolute Gasteiger partial charge is 0.389 e. The van der Waals surface area contributed by atoms with Crippen molar-refractivity contribution in [1.29, 1.82) is 0 Å². The van der Waals surface area contributed by atoms with Crippen molar-refractivity contribution in [3.63, 3.8) is 0 Å². The Kier molecular flexibility index (Phi) is 6.99. The first-order chi connectivity index (χ1) is 9.01. The first kappa shape index (κ1) is 16.1. The topological polar surface area (TPSA) is 32.7 Å². The molecule has 108 valence electrons. The Morgan fingerprint density at radius 3 is 2.68 bits per heavy atom. The van der Waals surface area contributed by atoms with Crippen LogP contribution in [0.1, 0.15) is 26.3 Å². The van der Waals surface area contributed by atoms with Gasteiger partial charge in [-0.25, -0.2) is 4.39 Å². The van der Waals surface area contributed by atoms with Gasteiger partial charge in [-0.1, -0.05) is 19.1 Å². The van der Waals surface area contributed by atoms with E-state index >= 15 is 0 Å². The number of hydrogen-bond acceptors (Lipinski definition) is 3. The van der Waals surface area contributed by atoms with E-state index in [1.54, 1.807) is 6.07 Å². The van der Waals surface area contributed by atoms with Gasteiger partial charge in [0.2, 0.25) is 0 Å². The highest BCUT2D eigenvalue weighted by Crippen LogP contribution is 2.08. The smallest absolute Gasteiger partial charge is 0.123 e. The molecule has 0 aliphatic carbocycles. The molecular weight excluding hydrogens is 245 g/mol. The molecule has 0 spiro atoms. The number of rotatable bonds is 8. The Balaban J connectivity index is 2.45. The predicted octanol–water partition coefficient (Wildman–Crippen LogP) is 2.43. The first-order valence-electron chi connectivity index (χ1n) is 6.77. The van der Waals surface area contributed by atoms with Crippen LogP contribution in [0.5, 0.6) is 0 Å². The minimum Gasteiger partial charge on any atom is -0.389 e. The van der Waals surface area contributed by atoms with Crippen molar-refractivity contribution in [2.24, 2.45) is 0 Å². The molecule has 0 aliphatic rings. The van der Waals surface area contributed by atoms with E-state index in [4.69, 9.17) is 4.74 Å². The van der Waals surface area contributed by atoms with Gasteiger partial charge < -0.3 is 9.84 Å². The predicted molar refractivity (Wildman–Crippen MR) is 74.4 cm³/mol. The van der Waals surface area contributed by atoms with Crippen molar-refractivity contribution in [2.45, 2.75) is 39.5 Å². The van der Waals surface area contributed by atoms with Crippen LogP contribution < -0.4 is 0 Å². The standard InChI is InChI=1S/C15H24FNO2/c1-4-17(10-15(18)11-19-12(2)3)9-13-6-5-7-14(16)8-13/h5-8,12,15,18H,4,9-11H2,1-3H3. The van der Waals surface area contributed by atoms with Crippen LogP contribution in [0, 0.1) is 5.82 Å². The van der Waals surface area contributed by atoms with Crippen LogP contribution in [0.4, 0.5) is 4.39 Å². The monoisotopic (exact) mass is 269 g/mol. The van der Waals surface area contributed by atoms with Gasteiger partial charge in [0.15, 0.2) is 0 Å². The third-order valence-electron chi connectivity index (χ3n) is 2.83. The average Bonchev–Trinajstić information content (AvgIpc) is 2.35. The molecule has 1 N–H and O–H groups in total. The third-order valence-corrected chi connectivity index (χ3v) is 2.83. The Bertz CT molecular complexity index is 371. The highest BCUT2D eigenvalue weighted by molar-refractivity contribution is 5.16. The summed E-state index contributed by atoms with van der Waals surface area (Å²) in [6.07, 6.45) is -0.399. The molecule has 1 aromatic carbocycles. The summed E-state index contributed by atoms with van der Waals surface area (Å²) >= 11 is 0. The number of aliphatic hydroxyl groups is 1. The number of nitrogens with zero attached hydrogens (tertiary/aromatic N) is 1. The minimum absolute atomic E-state index is 0.118. The second kappa shape index (κ2) is 8.25. The average molecular weight is 269 g/mol. The Labute approximate surface area is 115 Å². The summed E-state index contributed by atoms with van der Waals surface area (Å²) in [4.78, 5) is 2.07. The maximum absolute atomic E-state index is 13.1. The van der Waals surface area contributed by atoms with Crippen LogP contribution in [-0.2, 0) is 11.3 Å². The molecule has 0 aromatic heterocycles. The molecule has 0 aliphatic heterocycles. The van der Waals surface area contributed by atoms with Gasteiger partial charge in [-0.15, -0.1) is 0 Å². The van der Waals surface area contributed by atoms with Gasteiger partial charge in [0.05, 0.1) is 18.8 Å². The Morgan fingerprint density at radius 1 is 1.37 bits per heavy atom. The van der Waals surface area contributed by atoms with Crippen molar-refractivity contribution in [3.8, 4) is 0 Å². The first-order valence-corrected chi connectivity index (χ1v) is 6.77. The van der Waals surface area contributed by atoms with Crippen molar-refractivity contribution >= 4 is 0 Å². The summed E-state index contributed by atoms with van der Waals surface area (Å²) in [5.41, 5.74) is 0.916. The van der Waals surface area contributed by atoms with Crippen molar-refractivity contribution in [3.05, 3.63) is 35.6 Å². The molecule has 4 heteroatoms. The van der Waals surface area contributed by atoms with E-state index in [1.165, 1.54) is 12.1 Å².